The Kier molecular flexibility index (Phi) is 4.92. The van der Waals surface area contributed by atoms with Gasteiger partial charge in [-0.1, -0.05) is 6.07 Å². The number of nitrogens with zero attached hydrogens (tertiary/aromatic N) is 2. The van der Waals surface area contributed by atoms with Crippen molar-refractivity contribution in [3.05, 3.63) is 72.9 Å². The number of hydrogen-bond donors (Lipinski definition) is 0. The summed E-state index contributed by atoms with van der Waals surface area (Å²) in [6, 6.07) is 8.81. The summed E-state index contributed by atoms with van der Waals surface area (Å²) in [6.45, 7) is 1.86. The van der Waals surface area contributed by atoms with Crippen LogP contribution in [0, 0.1) is 6.92 Å². The highest BCUT2D eigenvalue weighted by atomic mass is 79.9. The van der Waals surface area contributed by atoms with Gasteiger partial charge in [-0.25, -0.2) is 9.78 Å². The normalized spacial score (nSPS) is 11.2. The zero-order valence-corrected chi connectivity index (χ0v) is 15.1. The maximum absolute atomic E-state index is 12.1. The smallest absolute Gasteiger partial charge is 0.331 e. The van der Waals surface area contributed by atoms with E-state index in [2.05, 4.69) is 20.9 Å². The van der Waals surface area contributed by atoms with E-state index < -0.39 is 5.97 Å². The number of pyridine rings is 1. The molecule has 3 rings (SSSR count). The summed E-state index contributed by atoms with van der Waals surface area (Å²) in [6.07, 6.45) is 4.77. The number of aryl methyl sites for hydroxylation is 1. The number of rotatable bonds is 4. The Morgan fingerprint density at radius 3 is 2.96 bits per heavy atom. The van der Waals surface area contributed by atoms with Gasteiger partial charge in [0, 0.05) is 23.2 Å². The van der Waals surface area contributed by atoms with Crippen molar-refractivity contribution in [3.8, 4) is 0 Å². The molecule has 5 nitrogen and oxygen atoms in total. The predicted molar refractivity (Wildman–Crippen MR) is 97.0 cm³/mol. The lowest BCUT2D eigenvalue weighted by Crippen LogP contribution is -2.16. The second-order valence-corrected chi connectivity index (χ2v) is 7.60. The van der Waals surface area contributed by atoms with Crippen LogP contribution in [0.2, 0.25) is 0 Å². The molecule has 3 heterocycles. The highest BCUT2D eigenvalue weighted by Gasteiger charge is 2.05. The van der Waals surface area contributed by atoms with Crippen LogP contribution >= 0.6 is 27.3 Å². The minimum atomic E-state index is -0.481. The van der Waals surface area contributed by atoms with Crippen LogP contribution in [-0.2, 0) is 16.1 Å². The second-order valence-electron chi connectivity index (χ2n) is 5.10. The van der Waals surface area contributed by atoms with Crippen molar-refractivity contribution in [1.82, 2.24) is 9.38 Å². The fraction of sp³-hybridized carbons (Fsp3) is 0.118. The second kappa shape index (κ2) is 7.11. The molecule has 0 aliphatic heterocycles. The van der Waals surface area contributed by atoms with Crippen LogP contribution in [0.15, 0.2) is 51.2 Å². The molecule has 0 aromatic carbocycles. The number of thiophene rings is 1. The standard InChI is InChI=1S/C17H13BrN2O3S/c1-11-2-6-15-19-12(8-16(21)20(15)9-11)10-23-17(22)7-4-13-3-5-14(18)24-13/h2-9H,10H2,1H3/b7-4+. The van der Waals surface area contributed by atoms with E-state index >= 15 is 0 Å². The third kappa shape index (κ3) is 3.98. The molecule has 0 atom stereocenters. The molecule has 0 unspecified atom stereocenters. The monoisotopic (exact) mass is 404 g/mol. The Morgan fingerprint density at radius 1 is 1.38 bits per heavy atom. The fourth-order valence-electron chi connectivity index (χ4n) is 2.09. The van der Waals surface area contributed by atoms with Crippen molar-refractivity contribution in [1.29, 1.82) is 0 Å². The van der Waals surface area contributed by atoms with E-state index in [4.69, 9.17) is 4.74 Å². The molecule has 0 saturated carbocycles. The van der Waals surface area contributed by atoms with Gasteiger partial charge in [0.2, 0.25) is 0 Å². The largest absolute Gasteiger partial charge is 0.456 e. The van der Waals surface area contributed by atoms with Gasteiger partial charge in [0.15, 0.2) is 0 Å². The Hall–Kier alpha value is -2.25. The van der Waals surface area contributed by atoms with Crippen LogP contribution in [0.3, 0.4) is 0 Å². The molecule has 0 N–H and O–H groups in total. The van der Waals surface area contributed by atoms with Crippen molar-refractivity contribution in [2.75, 3.05) is 0 Å². The molecule has 0 bridgehead atoms. The first-order chi connectivity index (χ1) is 11.5. The zero-order chi connectivity index (χ0) is 17.1. The molecule has 24 heavy (non-hydrogen) atoms. The average molecular weight is 405 g/mol. The van der Waals surface area contributed by atoms with E-state index in [1.54, 1.807) is 18.3 Å². The summed E-state index contributed by atoms with van der Waals surface area (Å²) < 4.78 is 7.60. The summed E-state index contributed by atoms with van der Waals surface area (Å²) in [5.41, 5.74) is 1.72. The summed E-state index contributed by atoms with van der Waals surface area (Å²) in [5, 5.41) is 0. The van der Waals surface area contributed by atoms with Crippen LogP contribution in [0.1, 0.15) is 16.1 Å². The number of halogens is 1. The Morgan fingerprint density at radius 2 is 2.21 bits per heavy atom. The van der Waals surface area contributed by atoms with Gasteiger partial charge >= 0.3 is 5.97 Å². The molecular weight excluding hydrogens is 392 g/mol. The number of ether oxygens (including phenoxy) is 1. The van der Waals surface area contributed by atoms with Crippen molar-refractivity contribution in [2.24, 2.45) is 0 Å². The minimum absolute atomic E-state index is 0.0447. The molecule has 0 aliphatic rings. The van der Waals surface area contributed by atoms with Gasteiger partial charge < -0.3 is 4.74 Å². The van der Waals surface area contributed by atoms with Gasteiger partial charge in [-0.3, -0.25) is 9.20 Å². The molecule has 122 valence electrons. The van der Waals surface area contributed by atoms with Gasteiger partial charge in [-0.2, -0.15) is 0 Å². The number of hydrogen-bond acceptors (Lipinski definition) is 5. The van der Waals surface area contributed by atoms with Crippen molar-refractivity contribution in [2.45, 2.75) is 13.5 Å². The maximum Gasteiger partial charge on any atom is 0.331 e. The summed E-state index contributed by atoms with van der Waals surface area (Å²) in [5.74, 6) is -0.481. The molecule has 0 fully saturated rings. The number of fused-ring (bicyclic) bond motifs is 1. The summed E-state index contributed by atoms with van der Waals surface area (Å²) in [4.78, 5) is 29.1. The Bertz CT molecular complexity index is 991. The van der Waals surface area contributed by atoms with E-state index in [-0.39, 0.29) is 12.2 Å². The van der Waals surface area contributed by atoms with Crippen molar-refractivity contribution < 1.29 is 9.53 Å². The number of aromatic nitrogens is 2. The van der Waals surface area contributed by atoms with Crippen molar-refractivity contribution in [3.63, 3.8) is 0 Å². The van der Waals surface area contributed by atoms with Crippen molar-refractivity contribution >= 4 is 45.0 Å². The van der Waals surface area contributed by atoms with Crippen LogP contribution in [-0.4, -0.2) is 15.4 Å². The highest BCUT2D eigenvalue weighted by molar-refractivity contribution is 9.11. The highest BCUT2D eigenvalue weighted by Crippen LogP contribution is 2.22. The van der Waals surface area contributed by atoms with E-state index in [1.165, 1.54) is 27.9 Å². The third-order valence-electron chi connectivity index (χ3n) is 3.20. The predicted octanol–water partition coefficient (Wildman–Crippen LogP) is 3.58. The van der Waals surface area contributed by atoms with Gasteiger partial charge in [-0.15, -0.1) is 11.3 Å². The third-order valence-corrected chi connectivity index (χ3v) is 4.79. The van der Waals surface area contributed by atoms with Gasteiger partial charge in [0.1, 0.15) is 12.3 Å². The fourth-order valence-corrected chi connectivity index (χ4v) is 3.42. The first-order valence-corrected chi connectivity index (χ1v) is 8.71. The Balaban J connectivity index is 1.69. The zero-order valence-electron chi connectivity index (χ0n) is 12.7. The molecule has 0 spiro atoms. The summed E-state index contributed by atoms with van der Waals surface area (Å²) in [7, 11) is 0. The van der Waals surface area contributed by atoms with Crippen LogP contribution in [0.4, 0.5) is 0 Å². The van der Waals surface area contributed by atoms with Gasteiger partial charge in [0.05, 0.1) is 9.48 Å². The Labute approximate surface area is 150 Å². The maximum atomic E-state index is 12.1. The van der Waals surface area contributed by atoms with E-state index in [0.717, 1.165) is 14.2 Å². The van der Waals surface area contributed by atoms with E-state index in [0.29, 0.717) is 11.3 Å². The minimum Gasteiger partial charge on any atom is -0.456 e. The van der Waals surface area contributed by atoms with E-state index in [9.17, 15) is 9.59 Å². The lowest BCUT2D eigenvalue weighted by Gasteiger charge is -2.05. The lowest BCUT2D eigenvalue weighted by molar-refractivity contribution is -0.139. The molecule has 0 saturated heterocycles. The first kappa shape index (κ1) is 16.6. The summed E-state index contributed by atoms with van der Waals surface area (Å²) >= 11 is 4.87. The molecule has 3 aromatic rings. The number of esters is 1. The molecule has 7 heteroatoms. The quantitative estimate of drug-likeness (QED) is 0.492. The van der Waals surface area contributed by atoms with Gasteiger partial charge in [-0.05, 0) is 52.7 Å². The molecule has 3 aromatic heterocycles. The number of carbonyl (C=O) groups is 1. The molecule has 0 aliphatic carbocycles. The van der Waals surface area contributed by atoms with Gasteiger partial charge in [0.25, 0.3) is 5.56 Å². The SMILES string of the molecule is Cc1ccc2nc(COC(=O)/C=C/c3ccc(Br)s3)cc(=O)n2c1. The van der Waals surface area contributed by atoms with Crippen LogP contribution < -0.4 is 5.56 Å². The average Bonchev–Trinajstić information content (AvgIpc) is 2.97. The topological polar surface area (TPSA) is 60.7 Å². The first-order valence-electron chi connectivity index (χ1n) is 7.10. The molecular formula is C17H13BrN2O3S. The van der Waals surface area contributed by atoms with E-state index in [1.807, 2.05) is 25.1 Å². The molecule has 0 amide bonds. The molecule has 0 radical (unpaired) electrons. The van der Waals surface area contributed by atoms with Crippen LogP contribution in [0.25, 0.3) is 11.7 Å². The lowest BCUT2D eigenvalue weighted by atomic mass is 10.3. The van der Waals surface area contributed by atoms with Crippen LogP contribution in [0.5, 0.6) is 0 Å². The number of carbonyl (C=O) groups excluding carboxylic acids is 1.